The van der Waals surface area contributed by atoms with Gasteiger partial charge < -0.3 is 20.6 Å². The van der Waals surface area contributed by atoms with E-state index in [0.717, 1.165) is 17.4 Å². The number of rotatable bonds is 10. The Kier molecular flexibility index (Phi) is 9.18. The minimum Gasteiger partial charge on any atom is -0.394 e. The number of hydrogen-bond donors (Lipinski definition) is 4. The van der Waals surface area contributed by atoms with Crippen LogP contribution in [0.4, 0.5) is 5.69 Å². The second kappa shape index (κ2) is 12.2. The van der Waals surface area contributed by atoms with Gasteiger partial charge in [0.25, 0.3) is 5.91 Å². The molecule has 3 aromatic carbocycles. The van der Waals surface area contributed by atoms with Crippen LogP contribution in [0.2, 0.25) is 10.0 Å². The number of hydrogen-bond acceptors (Lipinski definition) is 7. The van der Waals surface area contributed by atoms with Crippen LogP contribution in [0, 0.1) is 0 Å². The van der Waals surface area contributed by atoms with Crippen molar-refractivity contribution in [1.29, 1.82) is 0 Å². The first kappa shape index (κ1) is 29.3. The molecule has 39 heavy (non-hydrogen) atoms. The van der Waals surface area contributed by atoms with Crippen LogP contribution in [0.5, 0.6) is 0 Å². The summed E-state index contributed by atoms with van der Waals surface area (Å²) in [5.41, 5.74) is 2.40. The van der Waals surface area contributed by atoms with Gasteiger partial charge in [0, 0.05) is 28.7 Å². The number of aliphatic hydroxyl groups excluding tert-OH is 2. The van der Waals surface area contributed by atoms with Crippen molar-refractivity contribution < 1.29 is 28.5 Å². The van der Waals surface area contributed by atoms with Crippen LogP contribution in [-0.2, 0) is 10.0 Å². The second-order valence-corrected chi connectivity index (χ2v) is 12.1. The lowest BCUT2D eigenvalue weighted by Gasteiger charge is -2.48. The number of sulfonamides is 1. The number of carbonyl (C=O) groups excluding carboxylic acids is 1. The van der Waals surface area contributed by atoms with Crippen molar-refractivity contribution in [2.75, 3.05) is 30.3 Å². The highest BCUT2D eigenvalue weighted by Gasteiger charge is 2.41. The number of nitrogens with zero attached hydrogens (tertiary/aromatic N) is 2. The third-order valence-corrected chi connectivity index (χ3v) is 8.28. The van der Waals surface area contributed by atoms with Crippen LogP contribution in [-0.4, -0.2) is 78.9 Å². The smallest absolute Gasteiger partial charge is 0.251 e. The van der Waals surface area contributed by atoms with E-state index in [1.807, 2.05) is 48.5 Å². The van der Waals surface area contributed by atoms with Crippen molar-refractivity contribution >= 4 is 44.8 Å². The molecule has 208 valence electrons. The summed E-state index contributed by atoms with van der Waals surface area (Å²) in [6.07, 6.45) is -0.841. The molecule has 0 saturated carbocycles. The lowest BCUT2D eigenvalue weighted by atomic mass is 9.93. The minimum atomic E-state index is -3.73. The van der Waals surface area contributed by atoms with Crippen molar-refractivity contribution in [1.82, 2.24) is 10.2 Å². The Balaban J connectivity index is 1.59. The highest BCUT2D eigenvalue weighted by molar-refractivity contribution is 7.92. The predicted octanol–water partition coefficient (Wildman–Crippen LogP) is 2.63. The summed E-state index contributed by atoms with van der Waals surface area (Å²) in [5.74, 6) is -0.682. The third kappa shape index (κ3) is 6.90. The van der Waals surface area contributed by atoms with E-state index in [-0.39, 0.29) is 11.6 Å². The molecule has 0 radical (unpaired) electrons. The van der Waals surface area contributed by atoms with Gasteiger partial charge in [0.15, 0.2) is 6.29 Å². The number of likely N-dealkylation sites (tertiary alicyclic amines) is 1. The first-order valence-electron chi connectivity index (χ1n) is 12.1. The molecule has 0 aromatic heterocycles. The van der Waals surface area contributed by atoms with E-state index in [1.54, 1.807) is 12.1 Å². The van der Waals surface area contributed by atoms with Gasteiger partial charge in [-0.05, 0) is 53.6 Å². The molecular weight excluding hydrogens is 565 g/mol. The maximum Gasteiger partial charge on any atom is 0.251 e. The number of halogens is 2. The largest absolute Gasteiger partial charge is 0.394 e. The summed E-state index contributed by atoms with van der Waals surface area (Å²) >= 11 is 12.2. The Hall–Kier alpha value is -2.70. The fourth-order valence-electron chi connectivity index (χ4n) is 4.67. The minimum absolute atomic E-state index is 0.108. The first-order valence-corrected chi connectivity index (χ1v) is 14.7. The zero-order valence-corrected chi connectivity index (χ0v) is 23.3. The van der Waals surface area contributed by atoms with Gasteiger partial charge >= 0.3 is 0 Å². The van der Waals surface area contributed by atoms with Gasteiger partial charge in [-0.3, -0.25) is 14.0 Å². The standard InChI is InChI=1S/C27H29Cl2N3O6S/c1-39(37,38)32(22-4-2-3-19(13-22)26(34)30-24(16-33)27(35)36)23-14-31(15-23)25(17-5-9-20(28)10-6-17)18-7-11-21(29)12-8-18/h2-13,23-25,27,33,35-36H,14-16H2,1H3,(H,30,34). The number of anilines is 1. The Morgan fingerprint density at radius 2 is 1.54 bits per heavy atom. The van der Waals surface area contributed by atoms with Crippen LogP contribution in [0.15, 0.2) is 72.8 Å². The zero-order valence-electron chi connectivity index (χ0n) is 21.0. The number of amides is 1. The Morgan fingerprint density at radius 3 is 2.00 bits per heavy atom. The molecule has 0 bridgehead atoms. The Bertz CT molecular complexity index is 1350. The zero-order chi connectivity index (χ0) is 28.3. The van der Waals surface area contributed by atoms with Gasteiger partial charge in [-0.1, -0.05) is 53.5 Å². The molecule has 1 heterocycles. The number of nitrogens with one attached hydrogen (secondary N) is 1. The molecule has 9 nitrogen and oxygen atoms in total. The number of aliphatic hydroxyl groups is 3. The van der Waals surface area contributed by atoms with E-state index in [2.05, 4.69) is 10.2 Å². The third-order valence-electron chi connectivity index (χ3n) is 6.55. The lowest BCUT2D eigenvalue weighted by Crippen LogP contribution is -2.61. The van der Waals surface area contributed by atoms with Crippen LogP contribution in [0.3, 0.4) is 0 Å². The molecule has 1 atom stereocenters. The van der Waals surface area contributed by atoms with E-state index >= 15 is 0 Å². The summed E-state index contributed by atoms with van der Waals surface area (Å²) < 4.78 is 27.2. The van der Waals surface area contributed by atoms with Crippen LogP contribution < -0.4 is 9.62 Å². The van der Waals surface area contributed by atoms with Gasteiger partial charge in [-0.2, -0.15) is 0 Å². The molecule has 4 rings (SSSR count). The molecule has 0 aliphatic carbocycles. The summed E-state index contributed by atoms with van der Waals surface area (Å²) in [4.78, 5) is 14.8. The van der Waals surface area contributed by atoms with Crippen molar-refractivity contribution in [3.8, 4) is 0 Å². The highest BCUT2D eigenvalue weighted by Crippen LogP contribution is 2.36. The van der Waals surface area contributed by atoms with Crippen molar-refractivity contribution in [3.05, 3.63) is 99.5 Å². The molecule has 1 aliphatic heterocycles. The van der Waals surface area contributed by atoms with Gasteiger partial charge in [-0.15, -0.1) is 0 Å². The summed E-state index contributed by atoms with van der Waals surface area (Å²) in [6.45, 7) is 0.157. The van der Waals surface area contributed by atoms with Crippen molar-refractivity contribution in [2.24, 2.45) is 0 Å². The maximum atomic E-state index is 12.9. The van der Waals surface area contributed by atoms with Crippen LogP contribution in [0.1, 0.15) is 27.5 Å². The normalized spacial score (nSPS) is 15.3. The molecule has 1 aliphatic rings. The molecule has 12 heteroatoms. The fraction of sp³-hybridized carbons (Fsp3) is 0.296. The van der Waals surface area contributed by atoms with E-state index in [1.165, 1.54) is 16.4 Å². The maximum absolute atomic E-state index is 12.9. The van der Waals surface area contributed by atoms with Gasteiger partial charge in [0.1, 0.15) is 6.04 Å². The van der Waals surface area contributed by atoms with Gasteiger partial charge in [0.2, 0.25) is 10.0 Å². The topological polar surface area (TPSA) is 130 Å². The summed E-state index contributed by atoms with van der Waals surface area (Å²) in [6, 6.07) is 19.2. The van der Waals surface area contributed by atoms with Crippen molar-refractivity contribution in [2.45, 2.75) is 24.4 Å². The summed E-state index contributed by atoms with van der Waals surface area (Å²) in [5, 5.41) is 31.4. The Morgan fingerprint density at radius 1 is 1.00 bits per heavy atom. The van der Waals surface area contributed by atoms with E-state index < -0.39 is 40.9 Å². The lowest BCUT2D eigenvalue weighted by molar-refractivity contribution is -0.0755. The fourth-order valence-corrected chi connectivity index (χ4v) is 6.10. The monoisotopic (exact) mass is 593 g/mol. The molecule has 1 unspecified atom stereocenters. The molecule has 0 spiro atoms. The number of benzene rings is 3. The molecule has 4 N–H and O–H groups in total. The molecule has 1 amide bonds. The van der Waals surface area contributed by atoms with E-state index in [0.29, 0.717) is 28.8 Å². The van der Waals surface area contributed by atoms with Gasteiger partial charge in [-0.25, -0.2) is 8.42 Å². The van der Waals surface area contributed by atoms with E-state index in [9.17, 15) is 28.5 Å². The molecule has 1 saturated heterocycles. The van der Waals surface area contributed by atoms with E-state index in [4.69, 9.17) is 23.2 Å². The van der Waals surface area contributed by atoms with Crippen LogP contribution in [0.25, 0.3) is 0 Å². The summed E-state index contributed by atoms with van der Waals surface area (Å²) in [7, 11) is -3.73. The number of carbonyl (C=O) groups is 1. The second-order valence-electron chi connectivity index (χ2n) is 9.40. The molecule has 3 aromatic rings. The predicted molar refractivity (Wildman–Crippen MR) is 150 cm³/mol. The van der Waals surface area contributed by atoms with Crippen LogP contribution >= 0.6 is 23.2 Å². The van der Waals surface area contributed by atoms with Gasteiger partial charge in [0.05, 0.1) is 30.6 Å². The molecular formula is C27H29Cl2N3O6S. The quantitative estimate of drug-likeness (QED) is 0.266. The average Bonchev–Trinajstić information content (AvgIpc) is 2.86. The highest BCUT2D eigenvalue weighted by atomic mass is 35.5. The first-order chi connectivity index (χ1) is 18.5. The molecule has 1 fully saturated rings. The average molecular weight is 595 g/mol. The Labute approximate surface area is 237 Å². The SMILES string of the molecule is CS(=O)(=O)N(c1cccc(C(=O)NC(CO)C(O)O)c1)C1CN(C(c2ccc(Cl)cc2)c2ccc(Cl)cc2)C1. The van der Waals surface area contributed by atoms with Crippen molar-refractivity contribution in [3.63, 3.8) is 0 Å².